The lowest BCUT2D eigenvalue weighted by molar-refractivity contribution is 0.0913. The highest BCUT2D eigenvalue weighted by Crippen LogP contribution is 2.12. The lowest BCUT2D eigenvalue weighted by Crippen LogP contribution is -2.21. The maximum absolute atomic E-state index is 9.32. The average Bonchev–Trinajstić information content (AvgIpc) is 1.84. The van der Waals surface area contributed by atoms with Crippen LogP contribution in [0.4, 0.5) is 0 Å². The first-order valence-corrected chi connectivity index (χ1v) is 3.40. The van der Waals surface area contributed by atoms with Gasteiger partial charge in [-0.25, -0.2) is 0 Å². The second kappa shape index (κ2) is 3.67. The van der Waals surface area contributed by atoms with Crippen LogP contribution in [-0.2, 0) is 0 Å². The molecule has 0 aromatic rings. The van der Waals surface area contributed by atoms with E-state index in [1.54, 1.807) is 6.08 Å². The van der Waals surface area contributed by atoms with Crippen LogP contribution >= 0.6 is 0 Å². The number of aliphatic hydroxyl groups excluding tert-OH is 1. The van der Waals surface area contributed by atoms with Gasteiger partial charge in [-0.1, -0.05) is 26.8 Å². The molecule has 0 fully saturated rings. The summed E-state index contributed by atoms with van der Waals surface area (Å²) in [4.78, 5) is 0. The van der Waals surface area contributed by atoms with Gasteiger partial charge in [-0.15, -0.1) is 6.58 Å². The summed E-state index contributed by atoms with van der Waals surface area (Å²) in [6, 6.07) is 0. The van der Waals surface area contributed by atoms with Gasteiger partial charge < -0.3 is 5.11 Å². The molecular formula is C8H16O. The van der Waals surface area contributed by atoms with Crippen molar-refractivity contribution in [2.75, 3.05) is 0 Å². The Morgan fingerprint density at radius 3 is 1.89 bits per heavy atom. The van der Waals surface area contributed by atoms with Crippen molar-refractivity contribution in [3.05, 3.63) is 12.7 Å². The van der Waals surface area contributed by atoms with Crippen molar-refractivity contribution in [1.82, 2.24) is 0 Å². The van der Waals surface area contributed by atoms with Crippen molar-refractivity contribution in [2.24, 2.45) is 11.8 Å². The molecule has 0 aliphatic rings. The molecule has 2 atom stereocenters. The van der Waals surface area contributed by atoms with Gasteiger partial charge in [0.05, 0.1) is 6.10 Å². The topological polar surface area (TPSA) is 20.2 Å². The fourth-order valence-electron chi connectivity index (χ4n) is 0.747. The minimum Gasteiger partial charge on any atom is -0.392 e. The smallest absolute Gasteiger partial charge is 0.0622 e. The highest BCUT2D eigenvalue weighted by molar-refractivity contribution is 4.82. The van der Waals surface area contributed by atoms with E-state index in [-0.39, 0.29) is 12.0 Å². The first kappa shape index (κ1) is 8.70. The molecule has 1 unspecified atom stereocenters. The van der Waals surface area contributed by atoms with E-state index >= 15 is 0 Å². The molecule has 0 saturated carbocycles. The lowest BCUT2D eigenvalue weighted by atomic mass is 9.95. The predicted molar refractivity (Wildman–Crippen MR) is 40.2 cm³/mol. The Kier molecular flexibility index (Phi) is 3.55. The molecule has 0 amide bonds. The molecule has 0 aliphatic carbocycles. The van der Waals surface area contributed by atoms with Gasteiger partial charge in [0.2, 0.25) is 0 Å². The Balaban J connectivity index is 3.71. The molecule has 1 heteroatoms. The Labute approximate surface area is 57.4 Å². The van der Waals surface area contributed by atoms with Gasteiger partial charge in [0, 0.05) is 0 Å². The standard InChI is InChI=1S/C8H16O/c1-5-7(4)8(9)6(2)3/h5-9H,1H2,2-4H3/t7?,8-/m1/s1. The van der Waals surface area contributed by atoms with Crippen LogP contribution in [0.3, 0.4) is 0 Å². The predicted octanol–water partition coefficient (Wildman–Crippen LogP) is 1.83. The van der Waals surface area contributed by atoms with E-state index in [4.69, 9.17) is 0 Å². The van der Waals surface area contributed by atoms with Gasteiger partial charge in [-0.3, -0.25) is 0 Å². The van der Waals surface area contributed by atoms with E-state index in [2.05, 4.69) is 6.58 Å². The maximum atomic E-state index is 9.32. The zero-order valence-electron chi connectivity index (χ0n) is 6.46. The molecule has 0 aromatic carbocycles. The van der Waals surface area contributed by atoms with Gasteiger partial charge in [-0.05, 0) is 11.8 Å². The summed E-state index contributed by atoms with van der Waals surface area (Å²) in [6.07, 6.45) is 1.55. The fourth-order valence-corrected chi connectivity index (χ4v) is 0.747. The van der Waals surface area contributed by atoms with Crippen LogP contribution in [0.25, 0.3) is 0 Å². The molecule has 1 N–H and O–H groups in total. The third-order valence-electron chi connectivity index (χ3n) is 1.59. The van der Waals surface area contributed by atoms with Crippen LogP contribution in [0.2, 0.25) is 0 Å². The Morgan fingerprint density at radius 2 is 1.78 bits per heavy atom. The van der Waals surface area contributed by atoms with E-state index in [1.165, 1.54) is 0 Å². The quantitative estimate of drug-likeness (QED) is 0.575. The van der Waals surface area contributed by atoms with Crippen molar-refractivity contribution >= 4 is 0 Å². The number of aliphatic hydroxyl groups is 1. The molecular weight excluding hydrogens is 112 g/mol. The van der Waals surface area contributed by atoms with Crippen LogP contribution < -0.4 is 0 Å². The molecule has 0 spiro atoms. The van der Waals surface area contributed by atoms with Crippen molar-refractivity contribution in [2.45, 2.75) is 26.9 Å². The third kappa shape index (κ3) is 2.66. The Bertz CT molecular complexity index is 86.6. The Morgan fingerprint density at radius 1 is 1.33 bits per heavy atom. The Hall–Kier alpha value is -0.300. The van der Waals surface area contributed by atoms with E-state index in [9.17, 15) is 5.11 Å². The van der Waals surface area contributed by atoms with Crippen LogP contribution in [0.5, 0.6) is 0 Å². The van der Waals surface area contributed by atoms with Gasteiger partial charge in [0.1, 0.15) is 0 Å². The van der Waals surface area contributed by atoms with Crippen molar-refractivity contribution in [3.8, 4) is 0 Å². The third-order valence-corrected chi connectivity index (χ3v) is 1.59. The molecule has 0 heterocycles. The van der Waals surface area contributed by atoms with Crippen LogP contribution in [0.1, 0.15) is 20.8 Å². The largest absolute Gasteiger partial charge is 0.392 e. The van der Waals surface area contributed by atoms with Gasteiger partial charge in [-0.2, -0.15) is 0 Å². The first-order chi connectivity index (χ1) is 4.09. The molecule has 54 valence electrons. The highest BCUT2D eigenvalue weighted by Gasteiger charge is 2.13. The van der Waals surface area contributed by atoms with E-state index < -0.39 is 0 Å². The maximum Gasteiger partial charge on any atom is 0.0622 e. The summed E-state index contributed by atoms with van der Waals surface area (Å²) in [5, 5.41) is 9.32. The van der Waals surface area contributed by atoms with E-state index in [0.29, 0.717) is 5.92 Å². The van der Waals surface area contributed by atoms with Gasteiger partial charge >= 0.3 is 0 Å². The minimum atomic E-state index is -0.234. The number of hydrogen-bond acceptors (Lipinski definition) is 1. The first-order valence-electron chi connectivity index (χ1n) is 3.40. The second-order valence-electron chi connectivity index (χ2n) is 2.83. The molecule has 0 aromatic heterocycles. The van der Waals surface area contributed by atoms with Crippen molar-refractivity contribution < 1.29 is 5.11 Å². The molecule has 1 nitrogen and oxygen atoms in total. The molecule has 0 radical (unpaired) electrons. The normalized spacial score (nSPS) is 17.4. The minimum absolute atomic E-state index is 0.213. The summed E-state index contributed by atoms with van der Waals surface area (Å²) in [5.74, 6) is 0.544. The van der Waals surface area contributed by atoms with Crippen molar-refractivity contribution in [3.63, 3.8) is 0 Å². The van der Waals surface area contributed by atoms with Crippen LogP contribution in [0, 0.1) is 11.8 Å². The summed E-state index contributed by atoms with van der Waals surface area (Å²) in [6.45, 7) is 9.58. The highest BCUT2D eigenvalue weighted by atomic mass is 16.3. The second-order valence-corrected chi connectivity index (χ2v) is 2.83. The zero-order chi connectivity index (χ0) is 7.44. The average molecular weight is 128 g/mol. The summed E-state index contributed by atoms with van der Waals surface area (Å²) >= 11 is 0. The molecule has 0 saturated heterocycles. The van der Waals surface area contributed by atoms with Crippen LogP contribution in [0.15, 0.2) is 12.7 Å². The monoisotopic (exact) mass is 128 g/mol. The summed E-state index contributed by atoms with van der Waals surface area (Å²) in [7, 11) is 0. The lowest BCUT2D eigenvalue weighted by Gasteiger charge is -2.18. The molecule has 0 rings (SSSR count). The van der Waals surface area contributed by atoms with E-state index in [1.807, 2.05) is 20.8 Å². The van der Waals surface area contributed by atoms with Crippen molar-refractivity contribution in [1.29, 1.82) is 0 Å². The molecule has 0 bridgehead atoms. The SMILES string of the molecule is C=CC(C)[C@H](O)C(C)C. The van der Waals surface area contributed by atoms with Crippen LogP contribution in [-0.4, -0.2) is 11.2 Å². The molecule has 9 heavy (non-hydrogen) atoms. The molecule has 0 aliphatic heterocycles. The van der Waals surface area contributed by atoms with Gasteiger partial charge in [0.25, 0.3) is 0 Å². The fraction of sp³-hybridized carbons (Fsp3) is 0.750. The summed E-state index contributed by atoms with van der Waals surface area (Å²) in [5.41, 5.74) is 0. The number of hydrogen-bond donors (Lipinski definition) is 1. The van der Waals surface area contributed by atoms with E-state index in [0.717, 1.165) is 0 Å². The zero-order valence-corrected chi connectivity index (χ0v) is 6.46. The van der Waals surface area contributed by atoms with Gasteiger partial charge in [0.15, 0.2) is 0 Å². The number of rotatable bonds is 3. The summed E-state index contributed by atoms with van der Waals surface area (Å²) < 4.78 is 0.